The molecular formula is C6H12Cl2N4O. The summed E-state index contributed by atoms with van der Waals surface area (Å²) in [6.07, 6.45) is 3.52. The third-order valence-electron chi connectivity index (χ3n) is 1.13. The van der Waals surface area contributed by atoms with Crippen LogP contribution in [0.2, 0.25) is 0 Å². The Morgan fingerprint density at radius 1 is 1.62 bits per heavy atom. The van der Waals surface area contributed by atoms with Gasteiger partial charge in [0.15, 0.2) is 0 Å². The molecule has 1 aromatic heterocycles. The van der Waals surface area contributed by atoms with Gasteiger partial charge in [-0.1, -0.05) is 0 Å². The lowest BCUT2D eigenvalue weighted by Gasteiger charge is -1.97. The lowest BCUT2D eigenvalue weighted by atomic mass is 10.4. The monoisotopic (exact) mass is 226 g/mol. The molecule has 0 atom stereocenters. The zero-order valence-electron chi connectivity index (χ0n) is 6.82. The van der Waals surface area contributed by atoms with E-state index in [1.807, 2.05) is 0 Å². The minimum Gasteiger partial charge on any atom is -0.331 e. The van der Waals surface area contributed by atoms with Gasteiger partial charge in [0.25, 0.3) is 0 Å². The highest BCUT2D eigenvalue weighted by atomic mass is 35.5. The fraction of sp³-hybridized carbons (Fsp3) is 0.333. The zero-order chi connectivity index (χ0) is 8.10. The molecule has 0 aliphatic heterocycles. The number of nitrogens with one attached hydrogen (secondary N) is 2. The summed E-state index contributed by atoms with van der Waals surface area (Å²) in [5.41, 5.74) is 5.17. The highest BCUT2D eigenvalue weighted by Gasteiger charge is 2.00. The summed E-state index contributed by atoms with van der Waals surface area (Å²) in [5, 5.41) is 2.54. The van der Waals surface area contributed by atoms with Crippen LogP contribution in [0.15, 0.2) is 12.4 Å². The zero-order valence-corrected chi connectivity index (χ0v) is 8.45. The number of hydrogen-bond acceptors (Lipinski definition) is 3. The van der Waals surface area contributed by atoms with Gasteiger partial charge in [-0.3, -0.25) is 10.1 Å². The number of amides is 1. The van der Waals surface area contributed by atoms with Crippen LogP contribution in [0.5, 0.6) is 0 Å². The van der Waals surface area contributed by atoms with Gasteiger partial charge in [0.2, 0.25) is 11.9 Å². The molecule has 1 aromatic rings. The molecule has 0 bridgehead atoms. The first kappa shape index (κ1) is 14.7. The fourth-order valence-electron chi connectivity index (χ4n) is 0.659. The van der Waals surface area contributed by atoms with Crippen molar-refractivity contribution in [1.82, 2.24) is 9.97 Å². The van der Waals surface area contributed by atoms with Crippen LogP contribution < -0.4 is 11.1 Å². The third kappa shape index (κ3) is 5.46. The smallest absolute Gasteiger partial charge is 0.227 e. The first-order valence-electron chi connectivity index (χ1n) is 3.32. The van der Waals surface area contributed by atoms with E-state index < -0.39 is 0 Å². The standard InChI is InChI=1S/C6H10N4O.2ClH/c7-2-1-5(11)10-6-8-3-4-9-6;;/h3-4H,1-2,7H2,(H2,8,9,10,11);2*1H. The summed E-state index contributed by atoms with van der Waals surface area (Å²) < 4.78 is 0. The van der Waals surface area contributed by atoms with Gasteiger partial charge in [-0.15, -0.1) is 24.8 Å². The molecule has 76 valence electrons. The number of rotatable bonds is 3. The summed E-state index contributed by atoms with van der Waals surface area (Å²) in [7, 11) is 0. The number of H-pyrrole nitrogens is 1. The fourth-order valence-corrected chi connectivity index (χ4v) is 0.659. The Morgan fingerprint density at radius 3 is 2.77 bits per heavy atom. The highest BCUT2D eigenvalue weighted by Crippen LogP contribution is 1.94. The second kappa shape index (κ2) is 7.85. The molecule has 0 radical (unpaired) electrons. The molecule has 0 fully saturated rings. The van der Waals surface area contributed by atoms with Crippen LogP contribution >= 0.6 is 24.8 Å². The van der Waals surface area contributed by atoms with E-state index in [2.05, 4.69) is 15.3 Å². The summed E-state index contributed by atoms with van der Waals surface area (Å²) in [6.45, 7) is 0.354. The maximum Gasteiger partial charge on any atom is 0.227 e. The van der Waals surface area contributed by atoms with Crippen molar-refractivity contribution in [1.29, 1.82) is 0 Å². The van der Waals surface area contributed by atoms with Crippen molar-refractivity contribution in [2.45, 2.75) is 6.42 Å². The van der Waals surface area contributed by atoms with E-state index in [0.717, 1.165) is 0 Å². The van der Waals surface area contributed by atoms with Gasteiger partial charge in [-0.2, -0.15) is 0 Å². The predicted octanol–water partition coefficient (Wildman–Crippen LogP) is 0.541. The molecule has 1 heterocycles. The summed E-state index contributed by atoms with van der Waals surface area (Å²) in [6, 6.07) is 0. The quantitative estimate of drug-likeness (QED) is 0.704. The average Bonchev–Trinajstić information content (AvgIpc) is 2.40. The van der Waals surface area contributed by atoms with Crippen molar-refractivity contribution in [3.8, 4) is 0 Å². The second-order valence-corrected chi connectivity index (χ2v) is 2.02. The van der Waals surface area contributed by atoms with Gasteiger partial charge >= 0.3 is 0 Å². The molecule has 0 aliphatic rings. The van der Waals surface area contributed by atoms with E-state index in [-0.39, 0.29) is 30.7 Å². The van der Waals surface area contributed by atoms with E-state index in [4.69, 9.17) is 5.73 Å². The van der Waals surface area contributed by atoms with E-state index in [1.165, 1.54) is 0 Å². The number of hydrogen-bond donors (Lipinski definition) is 3. The number of nitrogens with zero attached hydrogens (tertiary/aromatic N) is 1. The number of halogens is 2. The number of aromatic amines is 1. The van der Waals surface area contributed by atoms with Gasteiger partial charge in [0.05, 0.1) is 0 Å². The largest absolute Gasteiger partial charge is 0.331 e. The number of anilines is 1. The van der Waals surface area contributed by atoms with E-state index in [1.54, 1.807) is 12.4 Å². The molecule has 5 nitrogen and oxygen atoms in total. The third-order valence-corrected chi connectivity index (χ3v) is 1.13. The Balaban J connectivity index is 0. The van der Waals surface area contributed by atoms with Gasteiger partial charge < -0.3 is 10.7 Å². The van der Waals surface area contributed by atoms with Crippen LogP contribution in [-0.4, -0.2) is 22.4 Å². The lowest BCUT2D eigenvalue weighted by Crippen LogP contribution is -2.16. The number of nitrogens with two attached hydrogens (primary N) is 1. The number of carbonyl (C=O) groups excluding carboxylic acids is 1. The van der Waals surface area contributed by atoms with Crippen LogP contribution in [0.1, 0.15) is 6.42 Å². The molecule has 4 N–H and O–H groups in total. The summed E-state index contributed by atoms with van der Waals surface area (Å²) in [4.78, 5) is 17.4. The van der Waals surface area contributed by atoms with Crippen molar-refractivity contribution in [3.05, 3.63) is 12.4 Å². The first-order valence-corrected chi connectivity index (χ1v) is 3.32. The molecule has 1 rings (SSSR count). The molecule has 0 aromatic carbocycles. The molecule has 0 saturated carbocycles. The van der Waals surface area contributed by atoms with E-state index in [0.29, 0.717) is 18.9 Å². The Morgan fingerprint density at radius 2 is 2.31 bits per heavy atom. The van der Waals surface area contributed by atoms with Gasteiger partial charge in [-0.25, -0.2) is 4.98 Å². The van der Waals surface area contributed by atoms with Crippen molar-refractivity contribution in [3.63, 3.8) is 0 Å². The molecular weight excluding hydrogens is 215 g/mol. The second-order valence-electron chi connectivity index (χ2n) is 2.02. The minimum atomic E-state index is -0.123. The summed E-state index contributed by atoms with van der Waals surface area (Å²) >= 11 is 0. The molecule has 0 saturated heterocycles. The van der Waals surface area contributed by atoms with Crippen LogP contribution in [0.4, 0.5) is 5.95 Å². The number of aromatic nitrogens is 2. The normalized spacial score (nSPS) is 8.08. The molecule has 0 spiro atoms. The van der Waals surface area contributed by atoms with Gasteiger partial charge in [-0.05, 0) is 0 Å². The van der Waals surface area contributed by atoms with Crippen LogP contribution in [0.3, 0.4) is 0 Å². The Kier molecular flexibility index (Phi) is 8.89. The van der Waals surface area contributed by atoms with Crippen LogP contribution in [0, 0.1) is 0 Å². The van der Waals surface area contributed by atoms with Crippen LogP contribution in [0.25, 0.3) is 0 Å². The van der Waals surface area contributed by atoms with Crippen molar-refractivity contribution >= 4 is 36.7 Å². The Labute approximate surface area is 88.3 Å². The van der Waals surface area contributed by atoms with Crippen molar-refractivity contribution in [2.24, 2.45) is 5.73 Å². The van der Waals surface area contributed by atoms with Crippen molar-refractivity contribution < 1.29 is 4.79 Å². The average molecular weight is 227 g/mol. The van der Waals surface area contributed by atoms with E-state index in [9.17, 15) is 4.79 Å². The maximum atomic E-state index is 10.9. The lowest BCUT2D eigenvalue weighted by molar-refractivity contribution is -0.116. The van der Waals surface area contributed by atoms with Gasteiger partial charge in [0, 0.05) is 25.4 Å². The first-order chi connectivity index (χ1) is 5.33. The van der Waals surface area contributed by atoms with Crippen LogP contribution in [-0.2, 0) is 4.79 Å². The van der Waals surface area contributed by atoms with Gasteiger partial charge in [0.1, 0.15) is 0 Å². The Hall–Kier alpha value is -0.780. The molecule has 13 heavy (non-hydrogen) atoms. The molecule has 1 amide bonds. The van der Waals surface area contributed by atoms with Crippen molar-refractivity contribution in [2.75, 3.05) is 11.9 Å². The number of carbonyl (C=O) groups is 1. The van der Waals surface area contributed by atoms with E-state index >= 15 is 0 Å². The molecule has 0 aliphatic carbocycles. The topological polar surface area (TPSA) is 83.8 Å². The highest BCUT2D eigenvalue weighted by molar-refractivity contribution is 5.88. The minimum absolute atomic E-state index is 0. The predicted molar refractivity (Wildman–Crippen MR) is 55.4 cm³/mol. The Bertz CT molecular complexity index is 227. The maximum absolute atomic E-state index is 10.9. The molecule has 7 heteroatoms. The number of imidazole rings is 1. The SMILES string of the molecule is Cl.Cl.NCCC(=O)Nc1ncc[nH]1. The molecule has 0 unspecified atom stereocenters. The summed E-state index contributed by atoms with van der Waals surface area (Å²) in [5.74, 6) is 0.339.